The highest BCUT2D eigenvalue weighted by atomic mass is 32.1. The summed E-state index contributed by atoms with van der Waals surface area (Å²) in [5.41, 5.74) is 1.36. The molecule has 0 aliphatic heterocycles. The van der Waals surface area contributed by atoms with Gasteiger partial charge in [-0.05, 0) is 37.1 Å². The predicted octanol–water partition coefficient (Wildman–Crippen LogP) is 3.07. The van der Waals surface area contributed by atoms with Gasteiger partial charge < -0.3 is 15.2 Å². The maximum Gasteiger partial charge on any atom is 0.330 e. The van der Waals surface area contributed by atoms with Gasteiger partial charge in [0.05, 0.1) is 12.7 Å². The number of halogens is 1. The predicted molar refractivity (Wildman–Crippen MR) is 84.6 cm³/mol. The SMILES string of the molecule is COc1ccc(C(NC(=O)c2csc(C)c2C)C(=O)O)cc1F. The number of methoxy groups -OCH3 is 1. The average molecular weight is 337 g/mol. The van der Waals surface area contributed by atoms with Crippen LogP contribution >= 0.6 is 11.3 Å². The van der Waals surface area contributed by atoms with Crippen molar-refractivity contribution < 1.29 is 23.8 Å². The Morgan fingerprint density at radius 1 is 1.35 bits per heavy atom. The standard InChI is InChI=1S/C16H16FNO4S/c1-8-9(2)23-7-11(8)15(19)18-14(16(20)21)10-4-5-13(22-3)12(17)6-10/h4-7,14H,1-3H3,(H,18,19)(H,20,21). The molecule has 2 rings (SSSR count). The van der Waals surface area contributed by atoms with Crippen molar-refractivity contribution in [1.82, 2.24) is 5.32 Å². The molecule has 7 heteroatoms. The molecule has 0 radical (unpaired) electrons. The van der Waals surface area contributed by atoms with Crippen LogP contribution in [0.5, 0.6) is 5.75 Å². The smallest absolute Gasteiger partial charge is 0.330 e. The van der Waals surface area contributed by atoms with Crippen LogP contribution in [0.15, 0.2) is 23.6 Å². The molecule has 2 aromatic rings. The summed E-state index contributed by atoms with van der Waals surface area (Å²) in [6.45, 7) is 3.67. The van der Waals surface area contributed by atoms with E-state index in [0.29, 0.717) is 5.56 Å². The first-order valence-corrected chi connectivity index (χ1v) is 7.65. The maximum absolute atomic E-state index is 13.8. The van der Waals surface area contributed by atoms with Crippen molar-refractivity contribution in [3.05, 3.63) is 51.0 Å². The van der Waals surface area contributed by atoms with Gasteiger partial charge in [-0.15, -0.1) is 11.3 Å². The third kappa shape index (κ3) is 3.50. The zero-order valence-electron chi connectivity index (χ0n) is 12.8. The third-order valence-corrected chi connectivity index (χ3v) is 4.58. The van der Waals surface area contributed by atoms with Crippen molar-refractivity contribution in [2.24, 2.45) is 0 Å². The molecule has 23 heavy (non-hydrogen) atoms. The molecule has 1 aromatic heterocycles. The summed E-state index contributed by atoms with van der Waals surface area (Å²) in [6, 6.07) is 2.44. The van der Waals surface area contributed by atoms with Crippen molar-refractivity contribution in [3.63, 3.8) is 0 Å². The molecule has 0 bridgehead atoms. The number of carboxylic acid groups (broad SMARTS) is 1. The fraction of sp³-hybridized carbons (Fsp3) is 0.250. The molecule has 0 saturated heterocycles. The number of nitrogens with one attached hydrogen (secondary N) is 1. The average Bonchev–Trinajstić information content (AvgIpc) is 2.84. The first-order valence-electron chi connectivity index (χ1n) is 6.77. The number of hydrogen-bond acceptors (Lipinski definition) is 4. The Morgan fingerprint density at radius 2 is 2.04 bits per heavy atom. The van der Waals surface area contributed by atoms with Crippen LogP contribution in [0, 0.1) is 19.7 Å². The molecule has 0 fully saturated rings. The van der Waals surface area contributed by atoms with E-state index in [1.165, 1.54) is 30.6 Å². The van der Waals surface area contributed by atoms with E-state index in [1.54, 1.807) is 12.3 Å². The highest BCUT2D eigenvalue weighted by molar-refractivity contribution is 7.10. The maximum atomic E-state index is 13.8. The number of aliphatic carboxylic acids is 1. The Labute approximate surface area is 136 Å². The van der Waals surface area contributed by atoms with Crippen LogP contribution < -0.4 is 10.1 Å². The summed E-state index contributed by atoms with van der Waals surface area (Å²) in [5.74, 6) is -2.45. The minimum atomic E-state index is -1.34. The molecular formula is C16H16FNO4S. The number of amides is 1. The molecule has 0 aliphatic carbocycles. The second-order valence-corrected chi connectivity index (χ2v) is 6.05. The number of rotatable bonds is 5. The molecule has 1 heterocycles. The van der Waals surface area contributed by atoms with Crippen molar-refractivity contribution in [1.29, 1.82) is 0 Å². The summed E-state index contributed by atoms with van der Waals surface area (Å²) in [6.07, 6.45) is 0. The largest absolute Gasteiger partial charge is 0.494 e. The van der Waals surface area contributed by atoms with Gasteiger partial charge in [0.15, 0.2) is 17.6 Å². The Bertz CT molecular complexity index is 757. The number of aryl methyl sites for hydroxylation is 1. The van der Waals surface area contributed by atoms with Gasteiger partial charge in [0.2, 0.25) is 0 Å². The Kier molecular flexibility index (Phi) is 5.00. The van der Waals surface area contributed by atoms with Gasteiger partial charge >= 0.3 is 5.97 Å². The lowest BCUT2D eigenvalue weighted by Crippen LogP contribution is -2.34. The van der Waals surface area contributed by atoms with E-state index in [9.17, 15) is 19.1 Å². The monoisotopic (exact) mass is 337 g/mol. The molecule has 1 unspecified atom stereocenters. The molecule has 2 N–H and O–H groups in total. The van der Waals surface area contributed by atoms with E-state index in [-0.39, 0.29) is 11.3 Å². The van der Waals surface area contributed by atoms with Crippen LogP contribution in [-0.4, -0.2) is 24.1 Å². The number of carboxylic acids is 1. The number of hydrogen-bond donors (Lipinski definition) is 2. The minimum Gasteiger partial charge on any atom is -0.494 e. The van der Waals surface area contributed by atoms with Crippen LogP contribution in [0.3, 0.4) is 0 Å². The van der Waals surface area contributed by atoms with E-state index >= 15 is 0 Å². The fourth-order valence-corrected chi connectivity index (χ4v) is 2.96. The molecule has 1 aromatic carbocycles. The molecule has 0 saturated carbocycles. The van der Waals surface area contributed by atoms with E-state index < -0.39 is 23.7 Å². The number of thiophene rings is 1. The summed E-state index contributed by atoms with van der Waals surface area (Å²) < 4.78 is 18.6. The fourth-order valence-electron chi connectivity index (χ4n) is 2.10. The zero-order chi connectivity index (χ0) is 17.1. The Morgan fingerprint density at radius 3 is 2.52 bits per heavy atom. The highest BCUT2D eigenvalue weighted by Crippen LogP contribution is 2.24. The minimum absolute atomic E-state index is 0.00789. The van der Waals surface area contributed by atoms with Gasteiger partial charge in [0.25, 0.3) is 5.91 Å². The van der Waals surface area contributed by atoms with E-state index in [2.05, 4.69) is 5.32 Å². The van der Waals surface area contributed by atoms with E-state index in [1.807, 2.05) is 6.92 Å². The van der Waals surface area contributed by atoms with Crippen molar-refractivity contribution in [3.8, 4) is 5.75 Å². The summed E-state index contributed by atoms with van der Waals surface area (Å²) in [7, 11) is 1.32. The molecule has 1 amide bonds. The zero-order valence-corrected chi connectivity index (χ0v) is 13.7. The molecule has 0 spiro atoms. The summed E-state index contributed by atoms with van der Waals surface area (Å²) >= 11 is 1.41. The summed E-state index contributed by atoms with van der Waals surface area (Å²) in [5, 5.41) is 13.5. The van der Waals surface area contributed by atoms with Crippen molar-refractivity contribution in [2.75, 3.05) is 7.11 Å². The van der Waals surface area contributed by atoms with E-state index in [4.69, 9.17) is 4.74 Å². The van der Waals surface area contributed by atoms with Gasteiger partial charge in [-0.25, -0.2) is 9.18 Å². The molecule has 0 aliphatic rings. The number of carbonyl (C=O) groups is 2. The Hall–Kier alpha value is -2.41. The molecule has 5 nitrogen and oxygen atoms in total. The van der Waals surface area contributed by atoms with Crippen LogP contribution in [0.25, 0.3) is 0 Å². The molecular weight excluding hydrogens is 321 g/mol. The lowest BCUT2D eigenvalue weighted by Gasteiger charge is -2.16. The van der Waals surface area contributed by atoms with Gasteiger partial charge in [0, 0.05) is 10.3 Å². The first kappa shape index (κ1) is 17.0. The van der Waals surface area contributed by atoms with Crippen LogP contribution in [-0.2, 0) is 4.79 Å². The molecule has 1 atom stereocenters. The third-order valence-electron chi connectivity index (χ3n) is 3.56. The number of ether oxygens (including phenoxy) is 1. The van der Waals surface area contributed by atoms with Crippen LogP contribution in [0.1, 0.15) is 32.4 Å². The second-order valence-electron chi connectivity index (χ2n) is 4.97. The highest BCUT2D eigenvalue weighted by Gasteiger charge is 2.25. The normalized spacial score (nSPS) is 11.8. The number of carbonyl (C=O) groups excluding carboxylic acids is 1. The number of benzene rings is 1. The van der Waals surface area contributed by atoms with Crippen molar-refractivity contribution in [2.45, 2.75) is 19.9 Å². The van der Waals surface area contributed by atoms with Gasteiger partial charge in [0.1, 0.15) is 0 Å². The second kappa shape index (κ2) is 6.78. The van der Waals surface area contributed by atoms with Crippen LogP contribution in [0.2, 0.25) is 0 Å². The topological polar surface area (TPSA) is 75.6 Å². The Balaban J connectivity index is 2.29. The first-order chi connectivity index (χ1) is 10.8. The van der Waals surface area contributed by atoms with Crippen LogP contribution in [0.4, 0.5) is 4.39 Å². The van der Waals surface area contributed by atoms with Gasteiger partial charge in [-0.3, -0.25) is 4.79 Å². The lowest BCUT2D eigenvalue weighted by atomic mass is 10.1. The lowest BCUT2D eigenvalue weighted by molar-refractivity contribution is -0.139. The van der Waals surface area contributed by atoms with Gasteiger partial charge in [-0.1, -0.05) is 6.07 Å². The molecule has 122 valence electrons. The quantitative estimate of drug-likeness (QED) is 0.879. The summed E-state index contributed by atoms with van der Waals surface area (Å²) in [4.78, 5) is 24.7. The van der Waals surface area contributed by atoms with Crippen molar-refractivity contribution >= 4 is 23.2 Å². The van der Waals surface area contributed by atoms with E-state index in [0.717, 1.165) is 16.5 Å². The van der Waals surface area contributed by atoms with Gasteiger partial charge in [-0.2, -0.15) is 0 Å².